The van der Waals surface area contributed by atoms with Crippen LogP contribution in [0.1, 0.15) is 89.2 Å². The molecule has 1 atom stereocenters. The van der Waals surface area contributed by atoms with Crippen LogP contribution >= 0.6 is 0 Å². The molecule has 0 bridgehead atoms. The Balaban J connectivity index is 1.94. The van der Waals surface area contributed by atoms with Gasteiger partial charge >= 0.3 is 0 Å². The van der Waals surface area contributed by atoms with Gasteiger partial charge in [-0.2, -0.15) is 0 Å². The molecule has 3 heteroatoms. The zero-order chi connectivity index (χ0) is 17.8. The molecular weight excluding hydrogens is 306 g/mol. The fourth-order valence-corrected chi connectivity index (χ4v) is 3.83. The Hall–Kier alpha value is -1.35. The molecule has 1 unspecified atom stereocenters. The summed E-state index contributed by atoms with van der Waals surface area (Å²) in [6, 6.07) is 3.41. The number of aromatic nitrogens is 2. The first-order chi connectivity index (χ1) is 12.2. The van der Waals surface area contributed by atoms with E-state index in [1.807, 2.05) is 0 Å². The molecule has 0 amide bonds. The minimum atomic E-state index is 0.343. The van der Waals surface area contributed by atoms with E-state index in [-0.39, 0.29) is 0 Å². The molecule has 25 heavy (non-hydrogen) atoms. The molecule has 3 rings (SSSR count). The van der Waals surface area contributed by atoms with E-state index in [0.717, 1.165) is 19.4 Å². The van der Waals surface area contributed by atoms with Gasteiger partial charge in [0.15, 0.2) is 0 Å². The lowest BCUT2D eigenvalue weighted by atomic mass is 10.1. The predicted molar refractivity (Wildman–Crippen MR) is 107 cm³/mol. The third-order valence-electron chi connectivity index (χ3n) is 5.51. The van der Waals surface area contributed by atoms with Crippen molar-refractivity contribution in [3.8, 4) is 0 Å². The highest BCUT2D eigenvalue weighted by molar-refractivity contribution is 5.86. The van der Waals surface area contributed by atoms with E-state index in [1.54, 1.807) is 0 Å². The Kier molecular flexibility index (Phi) is 6.16. The summed E-state index contributed by atoms with van der Waals surface area (Å²) in [5, 5.41) is 5.13. The maximum absolute atomic E-state index is 5.06. The summed E-state index contributed by atoms with van der Waals surface area (Å²) < 4.78 is 2.50. The zero-order valence-corrected chi connectivity index (χ0v) is 16.6. The maximum Gasteiger partial charge on any atom is 0.0594 e. The number of unbranched alkanes of at least 4 members (excludes halogenated alkanes) is 3. The molecule has 2 heterocycles. The largest absolute Gasteiger partial charge is 0.347 e. The quantitative estimate of drug-likeness (QED) is 0.574. The van der Waals surface area contributed by atoms with E-state index < -0.39 is 0 Å². The van der Waals surface area contributed by atoms with Crippen molar-refractivity contribution in [2.75, 3.05) is 0 Å². The molecule has 1 N–H and O–H groups in total. The predicted octanol–water partition coefficient (Wildman–Crippen LogP) is 5.55. The van der Waals surface area contributed by atoms with Gasteiger partial charge in [-0.25, -0.2) is 0 Å². The lowest BCUT2D eigenvalue weighted by molar-refractivity contribution is 0.556. The molecule has 0 aliphatic heterocycles. The molecule has 0 radical (unpaired) electrons. The van der Waals surface area contributed by atoms with Crippen LogP contribution in [0.25, 0.3) is 10.9 Å². The Bertz CT molecular complexity index is 697. The molecule has 1 aliphatic rings. The topological polar surface area (TPSA) is 29.9 Å². The average Bonchev–Trinajstić information content (AvgIpc) is 3.37. The summed E-state index contributed by atoms with van der Waals surface area (Å²) in [5.41, 5.74) is 5.36. The molecule has 2 aromatic heterocycles. The van der Waals surface area contributed by atoms with Gasteiger partial charge in [-0.15, -0.1) is 0 Å². The van der Waals surface area contributed by atoms with Crippen LogP contribution in [0.2, 0.25) is 0 Å². The van der Waals surface area contributed by atoms with Gasteiger partial charge in [0.05, 0.1) is 16.9 Å². The van der Waals surface area contributed by atoms with Crippen molar-refractivity contribution < 1.29 is 0 Å². The van der Waals surface area contributed by atoms with Crippen molar-refractivity contribution in [1.29, 1.82) is 0 Å². The highest BCUT2D eigenvalue weighted by atomic mass is 15.0. The molecule has 0 aromatic carbocycles. The Morgan fingerprint density at radius 3 is 2.60 bits per heavy atom. The molecule has 2 aromatic rings. The Morgan fingerprint density at radius 2 is 1.96 bits per heavy atom. The van der Waals surface area contributed by atoms with Gasteiger partial charge < -0.3 is 9.88 Å². The van der Waals surface area contributed by atoms with Gasteiger partial charge in [-0.3, -0.25) is 4.98 Å². The van der Waals surface area contributed by atoms with Gasteiger partial charge in [-0.05, 0) is 50.7 Å². The molecule has 1 fully saturated rings. The SMILES string of the molecule is CCCCCCn1cc(CC)c2c(CC)nc(C(C)NC3CC3)cc21. The van der Waals surface area contributed by atoms with E-state index in [1.165, 1.54) is 66.4 Å². The van der Waals surface area contributed by atoms with Crippen LogP contribution in [0, 0.1) is 0 Å². The summed E-state index contributed by atoms with van der Waals surface area (Å²) in [6.45, 7) is 10.2. The minimum absolute atomic E-state index is 0.343. The molecular formula is C22H35N3. The number of aryl methyl sites for hydroxylation is 3. The second-order valence-corrected chi connectivity index (χ2v) is 7.67. The monoisotopic (exact) mass is 341 g/mol. The molecule has 0 spiro atoms. The van der Waals surface area contributed by atoms with Crippen molar-refractivity contribution in [3.05, 3.63) is 29.2 Å². The third-order valence-corrected chi connectivity index (χ3v) is 5.51. The Labute approximate surface area is 153 Å². The number of rotatable bonds is 10. The fraction of sp³-hybridized carbons (Fsp3) is 0.682. The van der Waals surface area contributed by atoms with Crippen LogP contribution in [0.5, 0.6) is 0 Å². The first-order valence-corrected chi connectivity index (χ1v) is 10.4. The average molecular weight is 342 g/mol. The molecule has 138 valence electrons. The summed E-state index contributed by atoms with van der Waals surface area (Å²) in [7, 11) is 0. The summed E-state index contributed by atoms with van der Waals surface area (Å²) in [4.78, 5) is 5.06. The van der Waals surface area contributed by atoms with Crippen LogP contribution in [-0.2, 0) is 19.4 Å². The number of hydrogen-bond acceptors (Lipinski definition) is 2. The lowest BCUT2D eigenvalue weighted by Crippen LogP contribution is -2.22. The van der Waals surface area contributed by atoms with Crippen LogP contribution in [-0.4, -0.2) is 15.6 Å². The third kappa shape index (κ3) is 4.25. The van der Waals surface area contributed by atoms with Crippen molar-refractivity contribution in [1.82, 2.24) is 14.9 Å². The highest BCUT2D eigenvalue weighted by Crippen LogP contribution is 2.30. The number of hydrogen-bond donors (Lipinski definition) is 1. The Morgan fingerprint density at radius 1 is 1.16 bits per heavy atom. The summed E-state index contributed by atoms with van der Waals surface area (Å²) in [6.07, 6.45) is 12.4. The summed E-state index contributed by atoms with van der Waals surface area (Å²) >= 11 is 0. The fourth-order valence-electron chi connectivity index (χ4n) is 3.83. The molecule has 0 saturated heterocycles. The maximum atomic E-state index is 5.06. The first kappa shape index (κ1) is 18.4. The highest BCUT2D eigenvalue weighted by Gasteiger charge is 2.24. The first-order valence-electron chi connectivity index (χ1n) is 10.4. The van der Waals surface area contributed by atoms with Crippen LogP contribution in [0.15, 0.2) is 12.3 Å². The van der Waals surface area contributed by atoms with Crippen LogP contribution in [0.4, 0.5) is 0 Å². The molecule has 3 nitrogen and oxygen atoms in total. The summed E-state index contributed by atoms with van der Waals surface area (Å²) in [5.74, 6) is 0. The standard InChI is InChI=1S/C22H35N3/c1-5-8-9-10-13-25-15-17(6-2)22-19(7-3)24-20(14-21(22)25)16(4)23-18-11-12-18/h14-16,18,23H,5-13H2,1-4H3. The van der Waals surface area contributed by atoms with E-state index in [9.17, 15) is 0 Å². The normalized spacial score (nSPS) is 15.8. The molecule has 1 saturated carbocycles. The van der Waals surface area contributed by atoms with Gasteiger partial charge in [0, 0.05) is 30.2 Å². The molecule has 1 aliphatic carbocycles. The van der Waals surface area contributed by atoms with E-state index in [0.29, 0.717) is 12.1 Å². The van der Waals surface area contributed by atoms with Crippen LogP contribution in [0.3, 0.4) is 0 Å². The second kappa shape index (κ2) is 8.35. The van der Waals surface area contributed by atoms with E-state index >= 15 is 0 Å². The van der Waals surface area contributed by atoms with Crippen molar-refractivity contribution in [2.45, 2.75) is 97.7 Å². The van der Waals surface area contributed by atoms with Crippen molar-refractivity contribution >= 4 is 10.9 Å². The van der Waals surface area contributed by atoms with Gasteiger partial charge in [-0.1, -0.05) is 40.0 Å². The minimum Gasteiger partial charge on any atom is -0.347 e. The van der Waals surface area contributed by atoms with Gasteiger partial charge in [0.1, 0.15) is 0 Å². The zero-order valence-electron chi connectivity index (χ0n) is 16.6. The number of pyridine rings is 1. The second-order valence-electron chi connectivity index (χ2n) is 7.67. The van der Waals surface area contributed by atoms with Gasteiger partial charge in [0.2, 0.25) is 0 Å². The lowest BCUT2D eigenvalue weighted by Gasteiger charge is -2.16. The number of nitrogens with one attached hydrogen (secondary N) is 1. The van der Waals surface area contributed by atoms with Gasteiger partial charge in [0.25, 0.3) is 0 Å². The number of fused-ring (bicyclic) bond motifs is 1. The van der Waals surface area contributed by atoms with Crippen molar-refractivity contribution in [3.63, 3.8) is 0 Å². The smallest absolute Gasteiger partial charge is 0.0594 e. The van der Waals surface area contributed by atoms with Crippen molar-refractivity contribution in [2.24, 2.45) is 0 Å². The van der Waals surface area contributed by atoms with E-state index in [4.69, 9.17) is 4.98 Å². The van der Waals surface area contributed by atoms with Crippen LogP contribution < -0.4 is 5.32 Å². The number of nitrogens with zero attached hydrogens (tertiary/aromatic N) is 2. The van der Waals surface area contributed by atoms with E-state index in [2.05, 4.69) is 49.8 Å².